The smallest absolute Gasteiger partial charge is 0.339 e. The number of methoxy groups -OCH3 is 2. The van der Waals surface area contributed by atoms with E-state index in [1.807, 2.05) is 0 Å². The Morgan fingerprint density at radius 2 is 1.77 bits per heavy atom. The molecule has 0 saturated carbocycles. The van der Waals surface area contributed by atoms with Crippen molar-refractivity contribution in [3.63, 3.8) is 0 Å². The first kappa shape index (κ1) is 21.9. The van der Waals surface area contributed by atoms with E-state index >= 15 is 0 Å². The number of esters is 4. The first-order chi connectivity index (χ1) is 14.7. The number of ether oxygens (including phenoxy) is 4. The molecule has 10 heteroatoms. The molecule has 1 aromatic carbocycles. The number of carbonyl (C=O) groups excluding carboxylic acids is 4. The third-order valence-electron chi connectivity index (χ3n) is 5.18. The number of benzene rings is 1. The van der Waals surface area contributed by atoms with Crippen LogP contribution in [0.2, 0.25) is 0 Å². The van der Waals surface area contributed by atoms with Gasteiger partial charge in [0.2, 0.25) is 0 Å². The van der Waals surface area contributed by atoms with Crippen LogP contribution in [0.15, 0.2) is 47.0 Å². The van der Waals surface area contributed by atoms with Crippen LogP contribution in [0.25, 0.3) is 0 Å². The second kappa shape index (κ2) is 8.13. The van der Waals surface area contributed by atoms with Crippen molar-refractivity contribution in [2.24, 2.45) is 5.73 Å². The molecule has 0 aliphatic carbocycles. The first-order valence-corrected chi connectivity index (χ1v) is 9.38. The van der Waals surface area contributed by atoms with Crippen molar-refractivity contribution in [1.82, 2.24) is 0 Å². The summed E-state index contributed by atoms with van der Waals surface area (Å²) in [6.07, 6.45) is 0. The standard InChI is InChI=1S/C21H22N2O8/c1-5-30-19(26)16-17(22)23(10-14(24)28-3)13-9-7-6-8-12(13)21(16)15(18(25)29-4)11(2)31-20(21)27/h6-9H,5,10,22H2,1-4H3/t21-/m0/s1. The van der Waals surface area contributed by atoms with Crippen LogP contribution in [0.5, 0.6) is 0 Å². The Kier molecular flexibility index (Phi) is 5.74. The van der Waals surface area contributed by atoms with Crippen molar-refractivity contribution >= 4 is 29.6 Å². The third-order valence-corrected chi connectivity index (χ3v) is 5.18. The molecule has 10 nitrogen and oxygen atoms in total. The molecule has 0 bridgehead atoms. The fourth-order valence-electron chi connectivity index (χ4n) is 3.95. The highest BCUT2D eigenvalue weighted by atomic mass is 16.6. The van der Waals surface area contributed by atoms with E-state index in [4.69, 9.17) is 24.7 Å². The number of fused-ring (bicyclic) bond motifs is 2. The summed E-state index contributed by atoms with van der Waals surface area (Å²) >= 11 is 0. The lowest BCUT2D eigenvalue weighted by Gasteiger charge is -2.40. The van der Waals surface area contributed by atoms with Crippen LogP contribution in [-0.4, -0.2) is 51.2 Å². The molecule has 0 fully saturated rings. The molecule has 0 amide bonds. The highest BCUT2D eigenvalue weighted by Gasteiger charge is 2.63. The minimum Gasteiger partial charge on any atom is -0.468 e. The topological polar surface area (TPSA) is 134 Å². The van der Waals surface area contributed by atoms with Gasteiger partial charge in [-0.3, -0.25) is 4.79 Å². The molecule has 2 aliphatic heterocycles. The molecule has 2 N–H and O–H groups in total. The maximum Gasteiger partial charge on any atom is 0.339 e. The molecule has 1 aromatic rings. The quantitative estimate of drug-likeness (QED) is 0.524. The molecule has 0 radical (unpaired) electrons. The number of anilines is 1. The molecule has 0 saturated heterocycles. The second-order valence-corrected chi connectivity index (χ2v) is 6.72. The van der Waals surface area contributed by atoms with Crippen molar-refractivity contribution in [3.8, 4) is 0 Å². The zero-order valence-electron chi connectivity index (χ0n) is 17.5. The van der Waals surface area contributed by atoms with Gasteiger partial charge in [-0.1, -0.05) is 18.2 Å². The fraction of sp³-hybridized carbons (Fsp3) is 0.333. The summed E-state index contributed by atoms with van der Waals surface area (Å²) in [7, 11) is 2.36. The van der Waals surface area contributed by atoms with Gasteiger partial charge < -0.3 is 29.6 Å². The van der Waals surface area contributed by atoms with Crippen LogP contribution < -0.4 is 10.6 Å². The van der Waals surface area contributed by atoms with Crippen molar-refractivity contribution in [1.29, 1.82) is 0 Å². The Morgan fingerprint density at radius 1 is 1.10 bits per heavy atom. The molecule has 2 aliphatic rings. The Labute approximate surface area is 178 Å². The van der Waals surface area contributed by atoms with E-state index in [1.54, 1.807) is 31.2 Å². The first-order valence-electron chi connectivity index (χ1n) is 9.38. The Bertz CT molecular complexity index is 1040. The molecule has 2 heterocycles. The number of cyclic esters (lactones) is 1. The maximum atomic E-state index is 13.3. The van der Waals surface area contributed by atoms with E-state index < -0.39 is 29.3 Å². The molecular formula is C21H22N2O8. The maximum absolute atomic E-state index is 13.3. The van der Waals surface area contributed by atoms with Gasteiger partial charge in [-0.15, -0.1) is 0 Å². The van der Waals surface area contributed by atoms with Gasteiger partial charge in [-0.25, -0.2) is 14.4 Å². The van der Waals surface area contributed by atoms with Gasteiger partial charge in [0.1, 0.15) is 29.3 Å². The molecule has 0 aromatic heterocycles. The molecule has 3 rings (SSSR count). The van der Waals surface area contributed by atoms with E-state index in [0.29, 0.717) is 5.69 Å². The van der Waals surface area contributed by atoms with Crippen LogP contribution in [-0.2, 0) is 43.5 Å². The van der Waals surface area contributed by atoms with Crippen LogP contribution in [0, 0.1) is 0 Å². The van der Waals surface area contributed by atoms with Gasteiger partial charge in [0.15, 0.2) is 5.41 Å². The van der Waals surface area contributed by atoms with Gasteiger partial charge in [0.05, 0.1) is 20.8 Å². The molecule has 31 heavy (non-hydrogen) atoms. The summed E-state index contributed by atoms with van der Waals surface area (Å²) in [5.41, 5.74) is 4.36. The van der Waals surface area contributed by atoms with E-state index in [1.165, 1.54) is 18.9 Å². The SMILES string of the molecule is CCOC(=O)C1=C(N)N(CC(=O)OC)c2ccccc2[C@@]12C(=O)OC(C)=C2C(=O)OC. The van der Waals surface area contributed by atoms with Gasteiger partial charge in [0, 0.05) is 11.3 Å². The molecule has 0 unspecified atom stereocenters. The van der Waals surface area contributed by atoms with Gasteiger partial charge >= 0.3 is 23.9 Å². The van der Waals surface area contributed by atoms with Gasteiger partial charge in [-0.2, -0.15) is 0 Å². The lowest BCUT2D eigenvalue weighted by molar-refractivity contribution is -0.147. The average molecular weight is 430 g/mol. The fourth-order valence-corrected chi connectivity index (χ4v) is 3.95. The van der Waals surface area contributed by atoms with Crippen molar-refractivity contribution in [2.75, 3.05) is 32.3 Å². The monoisotopic (exact) mass is 430 g/mol. The Hall–Kier alpha value is -3.82. The Balaban J connectivity index is 2.44. The van der Waals surface area contributed by atoms with E-state index in [2.05, 4.69) is 0 Å². The predicted octanol–water partition coefficient (Wildman–Crippen LogP) is 0.655. The normalized spacial score (nSPS) is 19.9. The molecular weight excluding hydrogens is 408 g/mol. The highest BCUT2D eigenvalue weighted by molar-refractivity contribution is 6.16. The third kappa shape index (κ3) is 3.11. The summed E-state index contributed by atoms with van der Waals surface area (Å²) in [6.45, 7) is 2.64. The van der Waals surface area contributed by atoms with Gasteiger partial charge in [0.25, 0.3) is 0 Å². The molecule has 1 atom stereocenters. The average Bonchev–Trinajstić information content (AvgIpc) is 3.01. The molecule has 1 spiro atoms. The largest absolute Gasteiger partial charge is 0.468 e. The van der Waals surface area contributed by atoms with Gasteiger partial charge in [-0.05, 0) is 19.9 Å². The van der Waals surface area contributed by atoms with Crippen LogP contribution in [0.4, 0.5) is 5.69 Å². The zero-order valence-corrected chi connectivity index (χ0v) is 17.5. The number of carbonyl (C=O) groups is 4. The van der Waals surface area contributed by atoms with Crippen molar-refractivity contribution in [2.45, 2.75) is 19.3 Å². The van der Waals surface area contributed by atoms with E-state index in [9.17, 15) is 19.2 Å². The number of rotatable bonds is 5. The number of allylic oxidation sites excluding steroid dienone is 1. The summed E-state index contributed by atoms with van der Waals surface area (Å²) in [5, 5.41) is 0. The van der Waals surface area contributed by atoms with E-state index in [-0.39, 0.29) is 41.4 Å². The predicted molar refractivity (Wildman–Crippen MR) is 106 cm³/mol. The number of nitrogens with zero attached hydrogens (tertiary/aromatic N) is 1. The molecule has 164 valence electrons. The number of nitrogens with two attached hydrogens (primary N) is 1. The minimum atomic E-state index is -2.02. The van der Waals surface area contributed by atoms with Crippen LogP contribution in [0.1, 0.15) is 19.4 Å². The zero-order chi connectivity index (χ0) is 22.9. The van der Waals surface area contributed by atoms with Crippen molar-refractivity contribution in [3.05, 3.63) is 52.6 Å². The van der Waals surface area contributed by atoms with Crippen molar-refractivity contribution < 1.29 is 38.1 Å². The second-order valence-electron chi connectivity index (χ2n) is 6.72. The summed E-state index contributed by atoms with van der Waals surface area (Å²) < 4.78 is 20.1. The Morgan fingerprint density at radius 3 is 2.39 bits per heavy atom. The summed E-state index contributed by atoms with van der Waals surface area (Å²) in [5.74, 6) is -3.60. The number of para-hydroxylation sites is 1. The van der Waals surface area contributed by atoms with Crippen LogP contribution in [0.3, 0.4) is 0 Å². The lowest BCUT2D eigenvalue weighted by Crippen LogP contribution is -2.51. The summed E-state index contributed by atoms with van der Waals surface area (Å²) in [6, 6.07) is 6.43. The summed E-state index contributed by atoms with van der Waals surface area (Å²) in [4.78, 5) is 52.6. The van der Waals surface area contributed by atoms with E-state index in [0.717, 1.165) is 7.11 Å². The number of hydrogen-bond donors (Lipinski definition) is 1. The lowest BCUT2D eigenvalue weighted by atomic mass is 9.66. The van der Waals surface area contributed by atoms with Crippen LogP contribution >= 0.6 is 0 Å². The number of hydrogen-bond acceptors (Lipinski definition) is 10. The highest BCUT2D eigenvalue weighted by Crippen LogP contribution is 2.53. The minimum absolute atomic E-state index is 0.0182.